The quantitative estimate of drug-likeness (QED) is 0.835. The van der Waals surface area contributed by atoms with E-state index < -0.39 is 0 Å². The van der Waals surface area contributed by atoms with Crippen LogP contribution in [0.5, 0.6) is 5.75 Å². The highest BCUT2D eigenvalue weighted by Crippen LogP contribution is 2.18. The third-order valence-corrected chi connectivity index (χ3v) is 3.60. The first-order chi connectivity index (χ1) is 8.79. The van der Waals surface area contributed by atoms with Gasteiger partial charge in [-0.05, 0) is 56.5 Å². The summed E-state index contributed by atoms with van der Waals surface area (Å²) < 4.78 is 5.28. The molecule has 1 aromatic rings. The average Bonchev–Trinajstić information content (AvgIpc) is 2.40. The number of nitrogens with one attached hydrogen (secondary N) is 2. The van der Waals surface area contributed by atoms with Crippen LogP contribution in [0.15, 0.2) is 18.2 Å². The molecule has 100 valence electrons. The molecule has 1 heterocycles. The van der Waals surface area contributed by atoms with Crippen molar-refractivity contribution in [3.8, 4) is 5.75 Å². The number of piperidine rings is 1. The number of hydrogen-bond acceptors (Lipinski definition) is 3. The standard InChI is InChI=1S/C15H24N2O/c1-12-10-13(5-6-15(12)18-2)7-9-17-14-4-3-8-16-11-14/h5-6,10,14,16-17H,3-4,7-9,11H2,1-2H3. The summed E-state index contributed by atoms with van der Waals surface area (Å²) in [6, 6.07) is 7.09. The maximum Gasteiger partial charge on any atom is 0.121 e. The van der Waals surface area contributed by atoms with Gasteiger partial charge in [0.1, 0.15) is 5.75 Å². The summed E-state index contributed by atoms with van der Waals surface area (Å²) in [4.78, 5) is 0. The molecular formula is C15H24N2O. The Morgan fingerprint density at radius 3 is 3.00 bits per heavy atom. The molecule has 1 aliphatic heterocycles. The molecule has 0 aliphatic carbocycles. The van der Waals surface area contributed by atoms with Gasteiger partial charge in [-0.1, -0.05) is 12.1 Å². The van der Waals surface area contributed by atoms with Gasteiger partial charge >= 0.3 is 0 Å². The Morgan fingerprint density at radius 2 is 2.33 bits per heavy atom. The summed E-state index contributed by atoms with van der Waals surface area (Å²) in [5.74, 6) is 0.975. The molecule has 0 spiro atoms. The zero-order chi connectivity index (χ0) is 12.8. The monoisotopic (exact) mass is 248 g/mol. The average molecular weight is 248 g/mol. The van der Waals surface area contributed by atoms with Crippen LogP contribution in [0.25, 0.3) is 0 Å². The van der Waals surface area contributed by atoms with Gasteiger partial charge in [-0.25, -0.2) is 0 Å². The summed E-state index contributed by atoms with van der Waals surface area (Å²) in [7, 11) is 1.72. The van der Waals surface area contributed by atoms with Crippen LogP contribution in [0.3, 0.4) is 0 Å². The van der Waals surface area contributed by atoms with Gasteiger partial charge in [0.25, 0.3) is 0 Å². The zero-order valence-corrected chi connectivity index (χ0v) is 11.5. The lowest BCUT2D eigenvalue weighted by Gasteiger charge is -2.23. The smallest absolute Gasteiger partial charge is 0.121 e. The summed E-state index contributed by atoms with van der Waals surface area (Å²) in [5, 5.41) is 7.05. The van der Waals surface area contributed by atoms with E-state index in [1.165, 1.54) is 30.5 Å². The Hall–Kier alpha value is -1.06. The highest BCUT2D eigenvalue weighted by molar-refractivity contribution is 5.36. The molecule has 2 rings (SSSR count). The molecule has 0 amide bonds. The fourth-order valence-corrected chi connectivity index (χ4v) is 2.54. The van der Waals surface area contributed by atoms with E-state index in [0.29, 0.717) is 6.04 Å². The number of hydrogen-bond donors (Lipinski definition) is 2. The van der Waals surface area contributed by atoms with Crippen LogP contribution in [-0.2, 0) is 6.42 Å². The minimum atomic E-state index is 0.651. The lowest BCUT2D eigenvalue weighted by molar-refractivity contribution is 0.392. The van der Waals surface area contributed by atoms with Crippen LogP contribution in [0.1, 0.15) is 24.0 Å². The van der Waals surface area contributed by atoms with E-state index in [1.54, 1.807) is 7.11 Å². The van der Waals surface area contributed by atoms with Gasteiger partial charge in [-0.3, -0.25) is 0 Å². The second-order valence-corrected chi connectivity index (χ2v) is 5.05. The van der Waals surface area contributed by atoms with Crippen molar-refractivity contribution in [1.29, 1.82) is 0 Å². The normalized spacial score (nSPS) is 19.8. The molecule has 18 heavy (non-hydrogen) atoms. The van der Waals surface area contributed by atoms with Gasteiger partial charge in [0, 0.05) is 12.6 Å². The maximum absolute atomic E-state index is 5.28. The van der Waals surface area contributed by atoms with Crippen molar-refractivity contribution in [2.24, 2.45) is 0 Å². The molecule has 1 aromatic carbocycles. The molecule has 0 aromatic heterocycles. The first-order valence-corrected chi connectivity index (χ1v) is 6.87. The van der Waals surface area contributed by atoms with Gasteiger partial charge in [-0.2, -0.15) is 0 Å². The lowest BCUT2D eigenvalue weighted by atomic mass is 10.1. The number of methoxy groups -OCH3 is 1. The van der Waals surface area contributed by atoms with Gasteiger partial charge in [0.15, 0.2) is 0 Å². The Kier molecular flexibility index (Phi) is 5.02. The molecular weight excluding hydrogens is 224 g/mol. The van der Waals surface area contributed by atoms with E-state index in [4.69, 9.17) is 4.74 Å². The highest BCUT2D eigenvalue weighted by atomic mass is 16.5. The molecule has 3 nitrogen and oxygen atoms in total. The van der Waals surface area contributed by atoms with Crippen molar-refractivity contribution in [1.82, 2.24) is 10.6 Å². The van der Waals surface area contributed by atoms with Gasteiger partial charge in [-0.15, -0.1) is 0 Å². The topological polar surface area (TPSA) is 33.3 Å². The molecule has 1 fully saturated rings. The van der Waals surface area contributed by atoms with Gasteiger partial charge < -0.3 is 15.4 Å². The Bertz CT molecular complexity index is 373. The summed E-state index contributed by atoms with van der Waals surface area (Å²) >= 11 is 0. The van der Waals surface area contributed by atoms with E-state index >= 15 is 0 Å². The number of ether oxygens (including phenoxy) is 1. The predicted octanol–water partition coefficient (Wildman–Crippen LogP) is 1.89. The van der Waals surface area contributed by atoms with E-state index in [9.17, 15) is 0 Å². The van der Waals surface area contributed by atoms with Crippen LogP contribution in [0.2, 0.25) is 0 Å². The molecule has 1 aliphatic rings. The van der Waals surface area contributed by atoms with Gasteiger partial charge in [0.2, 0.25) is 0 Å². The molecule has 3 heteroatoms. The van der Waals surface area contributed by atoms with Crippen LogP contribution in [0, 0.1) is 6.92 Å². The second kappa shape index (κ2) is 6.76. The van der Waals surface area contributed by atoms with E-state index in [2.05, 4.69) is 35.8 Å². The third kappa shape index (κ3) is 3.72. The predicted molar refractivity (Wildman–Crippen MR) is 75.3 cm³/mol. The van der Waals surface area contributed by atoms with Crippen molar-refractivity contribution < 1.29 is 4.74 Å². The Morgan fingerprint density at radius 1 is 1.44 bits per heavy atom. The lowest BCUT2D eigenvalue weighted by Crippen LogP contribution is -2.43. The van der Waals surface area contributed by atoms with Gasteiger partial charge in [0.05, 0.1) is 7.11 Å². The van der Waals surface area contributed by atoms with Crippen LogP contribution in [-0.4, -0.2) is 32.8 Å². The number of aryl methyl sites for hydroxylation is 1. The summed E-state index contributed by atoms with van der Waals surface area (Å²) in [6.07, 6.45) is 3.68. The van der Waals surface area contributed by atoms with Crippen LogP contribution in [0.4, 0.5) is 0 Å². The number of benzene rings is 1. The fourth-order valence-electron chi connectivity index (χ4n) is 2.54. The van der Waals surface area contributed by atoms with Crippen molar-refractivity contribution in [3.05, 3.63) is 29.3 Å². The summed E-state index contributed by atoms with van der Waals surface area (Å²) in [5.41, 5.74) is 2.60. The molecule has 1 saturated heterocycles. The zero-order valence-electron chi connectivity index (χ0n) is 11.5. The molecule has 1 atom stereocenters. The van der Waals surface area contributed by atoms with Crippen molar-refractivity contribution in [2.75, 3.05) is 26.7 Å². The molecule has 1 unspecified atom stereocenters. The minimum Gasteiger partial charge on any atom is -0.496 e. The maximum atomic E-state index is 5.28. The van der Waals surface area contributed by atoms with E-state index in [1.807, 2.05) is 0 Å². The summed E-state index contributed by atoms with van der Waals surface area (Å²) in [6.45, 7) is 5.44. The van der Waals surface area contributed by atoms with Crippen molar-refractivity contribution in [2.45, 2.75) is 32.2 Å². The second-order valence-electron chi connectivity index (χ2n) is 5.05. The molecule has 0 radical (unpaired) electrons. The first-order valence-electron chi connectivity index (χ1n) is 6.87. The van der Waals surface area contributed by atoms with Crippen molar-refractivity contribution in [3.63, 3.8) is 0 Å². The van der Waals surface area contributed by atoms with Crippen LogP contribution < -0.4 is 15.4 Å². The molecule has 0 bridgehead atoms. The molecule has 0 saturated carbocycles. The first kappa shape index (κ1) is 13.4. The Labute approximate surface area is 110 Å². The van der Waals surface area contributed by atoms with E-state index in [0.717, 1.165) is 25.3 Å². The van der Waals surface area contributed by atoms with E-state index in [-0.39, 0.29) is 0 Å². The molecule has 2 N–H and O–H groups in total. The SMILES string of the molecule is COc1ccc(CCNC2CCCNC2)cc1C. The Balaban J connectivity index is 1.77. The van der Waals surface area contributed by atoms with Crippen molar-refractivity contribution >= 4 is 0 Å². The van der Waals surface area contributed by atoms with Crippen LogP contribution >= 0.6 is 0 Å². The number of rotatable bonds is 5. The fraction of sp³-hybridized carbons (Fsp3) is 0.600. The third-order valence-electron chi connectivity index (χ3n) is 3.60. The highest BCUT2D eigenvalue weighted by Gasteiger charge is 2.11. The largest absolute Gasteiger partial charge is 0.496 e. The minimum absolute atomic E-state index is 0.651.